The molecule has 0 spiro atoms. The number of benzene rings is 4. The zero-order chi connectivity index (χ0) is 23.7. The first-order valence-corrected chi connectivity index (χ1v) is 11.8. The molecule has 0 aliphatic rings. The van der Waals surface area contributed by atoms with Crippen molar-refractivity contribution < 1.29 is 0 Å². The molecule has 0 atom stereocenters. The van der Waals surface area contributed by atoms with Crippen molar-refractivity contribution >= 4 is 46.4 Å². The van der Waals surface area contributed by atoms with Gasteiger partial charge in [0.05, 0.1) is 10.0 Å². The third kappa shape index (κ3) is 4.79. The molecule has 0 amide bonds. The van der Waals surface area contributed by atoms with Crippen LogP contribution in [0.25, 0.3) is 45.3 Å². The Morgan fingerprint density at radius 3 is 1.32 bits per heavy atom. The summed E-state index contributed by atoms with van der Waals surface area (Å²) in [5.74, 6) is 1.61. The fraction of sp³-hybridized carbons (Fsp3) is 0. The lowest BCUT2D eigenvalue weighted by atomic mass is 10.0. The molecule has 0 bridgehead atoms. The second kappa shape index (κ2) is 9.73. The van der Waals surface area contributed by atoms with Crippen LogP contribution in [0.15, 0.2) is 91.0 Å². The molecule has 7 heteroatoms. The Hall–Kier alpha value is -2.95. The van der Waals surface area contributed by atoms with Gasteiger partial charge in [0.2, 0.25) is 0 Å². The third-order valence-corrected chi connectivity index (χ3v) is 6.18. The van der Waals surface area contributed by atoms with Gasteiger partial charge in [0.25, 0.3) is 0 Å². The number of hydrogen-bond acceptors (Lipinski definition) is 3. The van der Waals surface area contributed by atoms with E-state index in [4.69, 9.17) is 61.4 Å². The van der Waals surface area contributed by atoms with Gasteiger partial charge in [-0.1, -0.05) is 107 Å². The minimum absolute atomic E-state index is 0.427. The van der Waals surface area contributed by atoms with Gasteiger partial charge in [0.1, 0.15) is 0 Å². The highest BCUT2D eigenvalue weighted by molar-refractivity contribution is 6.42. The quantitative estimate of drug-likeness (QED) is 0.236. The molecule has 0 aliphatic carbocycles. The van der Waals surface area contributed by atoms with Gasteiger partial charge >= 0.3 is 0 Å². The lowest BCUT2D eigenvalue weighted by Gasteiger charge is -2.12. The number of aromatic nitrogens is 3. The van der Waals surface area contributed by atoms with E-state index in [2.05, 4.69) is 0 Å². The van der Waals surface area contributed by atoms with E-state index >= 15 is 0 Å². The fourth-order valence-electron chi connectivity index (χ4n) is 3.62. The normalized spacial score (nSPS) is 10.9. The molecular formula is C27H15Cl4N3. The van der Waals surface area contributed by atoms with E-state index in [1.165, 1.54) is 0 Å². The molecule has 3 nitrogen and oxygen atoms in total. The van der Waals surface area contributed by atoms with Gasteiger partial charge in [-0.2, -0.15) is 0 Å². The Morgan fingerprint density at radius 2 is 0.824 bits per heavy atom. The summed E-state index contributed by atoms with van der Waals surface area (Å²) in [4.78, 5) is 14.3. The maximum Gasteiger partial charge on any atom is 0.164 e. The van der Waals surface area contributed by atoms with Gasteiger partial charge in [-0.15, -0.1) is 0 Å². The third-order valence-electron chi connectivity index (χ3n) is 5.15. The Balaban J connectivity index is 1.71. The summed E-state index contributed by atoms with van der Waals surface area (Å²) in [5, 5.41) is 1.81. The Bertz CT molecular complexity index is 1410. The monoisotopic (exact) mass is 521 g/mol. The van der Waals surface area contributed by atoms with Crippen molar-refractivity contribution in [1.82, 2.24) is 15.0 Å². The second-order valence-electron chi connectivity index (χ2n) is 7.51. The van der Waals surface area contributed by atoms with Crippen molar-refractivity contribution in [3.63, 3.8) is 0 Å². The van der Waals surface area contributed by atoms with Crippen molar-refractivity contribution in [2.75, 3.05) is 0 Å². The predicted molar refractivity (Wildman–Crippen MR) is 142 cm³/mol. The van der Waals surface area contributed by atoms with Gasteiger partial charge < -0.3 is 0 Å². The Labute approximate surface area is 217 Å². The van der Waals surface area contributed by atoms with Gasteiger partial charge in [-0.3, -0.25) is 0 Å². The van der Waals surface area contributed by atoms with Gasteiger partial charge in [-0.25, -0.2) is 15.0 Å². The molecule has 0 radical (unpaired) electrons. The lowest BCUT2D eigenvalue weighted by molar-refractivity contribution is 1.07. The van der Waals surface area contributed by atoms with Crippen molar-refractivity contribution in [3.05, 3.63) is 111 Å². The molecule has 1 heterocycles. The van der Waals surface area contributed by atoms with E-state index in [1.54, 1.807) is 18.2 Å². The molecule has 1 aromatic heterocycles. The van der Waals surface area contributed by atoms with Crippen molar-refractivity contribution in [1.29, 1.82) is 0 Å². The lowest BCUT2D eigenvalue weighted by Crippen LogP contribution is -2.00. The second-order valence-corrected chi connectivity index (χ2v) is 9.20. The Morgan fingerprint density at radius 1 is 0.412 bits per heavy atom. The molecule has 0 unspecified atom stereocenters. The van der Waals surface area contributed by atoms with Crippen LogP contribution in [0, 0.1) is 0 Å². The number of nitrogens with zero attached hydrogens (tertiary/aromatic N) is 3. The molecule has 166 valence electrons. The minimum Gasteiger partial charge on any atom is -0.208 e. The van der Waals surface area contributed by atoms with E-state index in [0.717, 1.165) is 16.7 Å². The van der Waals surface area contributed by atoms with Crippen LogP contribution in [-0.4, -0.2) is 15.0 Å². The molecule has 0 aliphatic heterocycles. The largest absolute Gasteiger partial charge is 0.208 e. The van der Waals surface area contributed by atoms with Crippen molar-refractivity contribution in [2.45, 2.75) is 0 Å². The molecule has 0 saturated heterocycles. The molecule has 5 rings (SSSR count). The summed E-state index contributed by atoms with van der Waals surface area (Å²) in [5.41, 5.74) is 3.85. The van der Waals surface area contributed by atoms with E-state index in [1.807, 2.05) is 72.8 Å². The van der Waals surface area contributed by atoms with Crippen LogP contribution in [0.2, 0.25) is 20.1 Å². The van der Waals surface area contributed by atoms with Gasteiger partial charge in [0, 0.05) is 32.3 Å². The summed E-state index contributed by atoms with van der Waals surface area (Å²) in [7, 11) is 0. The molecular weight excluding hydrogens is 508 g/mol. The molecule has 34 heavy (non-hydrogen) atoms. The first-order valence-electron chi connectivity index (χ1n) is 10.3. The van der Waals surface area contributed by atoms with Crippen LogP contribution in [0.3, 0.4) is 0 Å². The molecule has 0 N–H and O–H groups in total. The van der Waals surface area contributed by atoms with Crippen LogP contribution >= 0.6 is 46.4 Å². The molecule has 0 saturated carbocycles. The highest BCUT2D eigenvalue weighted by Gasteiger charge is 2.16. The van der Waals surface area contributed by atoms with Crippen LogP contribution in [0.4, 0.5) is 0 Å². The average molecular weight is 523 g/mol. The summed E-state index contributed by atoms with van der Waals surface area (Å²) >= 11 is 25.6. The van der Waals surface area contributed by atoms with E-state index in [0.29, 0.717) is 48.7 Å². The van der Waals surface area contributed by atoms with Crippen LogP contribution in [0.1, 0.15) is 0 Å². The topological polar surface area (TPSA) is 38.7 Å². The van der Waals surface area contributed by atoms with Crippen molar-refractivity contribution in [2.24, 2.45) is 0 Å². The van der Waals surface area contributed by atoms with Crippen LogP contribution in [0.5, 0.6) is 0 Å². The summed E-state index contributed by atoms with van der Waals surface area (Å²) in [6, 6.07) is 28.3. The highest BCUT2D eigenvalue weighted by atomic mass is 35.5. The van der Waals surface area contributed by atoms with E-state index in [9.17, 15) is 0 Å². The zero-order valence-electron chi connectivity index (χ0n) is 17.5. The first kappa shape index (κ1) is 22.8. The maximum absolute atomic E-state index is 6.52. The average Bonchev–Trinajstić information content (AvgIpc) is 2.84. The number of hydrogen-bond donors (Lipinski definition) is 0. The van der Waals surface area contributed by atoms with Crippen molar-refractivity contribution in [3.8, 4) is 45.3 Å². The molecule has 5 aromatic rings. The zero-order valence-corrected chi connectivity index (χ0v) is 20.5. The highest BCUT2D eigenvalue weighted by Crippen LogP contribution is 2.40. The summed E-state index contributed by atoms with van der Waals surface area (Å²) < 4.78 is 0. The molecule has 4 aromatic carbocycles. The predicted octanol–water partition coefficient (Wildman–Crippen LogP) is 9.15. The fourth-order valence-corrected chi connectivity index (χ4v) is 4.89. The first-order chi connectivity index (χ1) is 16.5. The smallest absolute Gasteiger partial charge is 0.164 e. The van der Waals surface area contributed by atoms with Crippen LogP contribution in [-0.2, 0) is 0 Å². The number of rotatable bonds is 4. The standard InChI is InChI=1S/C27H15Cl4N3/c28-20-12-18(24-22(30)14-21(29)15-23(24)31)11-19(13-20)27-33-25(16-7-3-1-4-8-16)32-26(34-27)17-9-5-2-6-10-17/h1-15H. The summed E-state index contributed by atoms with van der Waals surface area (Å²) in [6.45, 7) is 0. The van der Waals surface area contributed by atoms with Crippen LogP contribution < -0.4 is 0 Å². The SMILES string of the molecule is Clc1cc(-c2nc(-c3ccccc3)nc(-c3ccccc3)n2)cc(-c2c(Cl)cc(Cl)cc2Cl)c1. The molecule has 0 fully saturated rings. The van der Waals surface area contributed by atoms with E-state index in [-0.39, 0.29) is 0 Å². The summed E-state index contributed by atoms with van der Waals surface area (Å²) in [6.07, 6.45) is 0. The van der Waals surface area contributed by atoms with E-state index < -0.39 is 0 Å². The maximum atomic E-state index is 6.52. The van der Waals surface area contributed by atoms with Gasteiger partial charge in [0.15, 0.2) is 17.5 Å². The van der Waals surface area contributed by atoms with Gasteiger partial charge in [-0.05, 0) is 35.9 Å². The number of halogens is 4. The Kier molecular flexibility index (Phi) is 6.53. The minimum atomic E-state index is 0.427.